The van der Waals surface area contributed by atoms with Crippen molar-refractivity contribution in [3.63, 3.8) is 0 Å². The predicted octanol–water partition coefficient (Wildman–Crippen LogP) is 2.30. The quantitative estimate of drug-likeness (QED) is 0.782. The number of amides is 1. The first-order valence-electron chi connectivity index (χ1n) is 8.55. The third kappa shape index (κ3) is 4.61. The topological polar surface area (TPSA) is 73.3 Å². The number of hydrogen-bond acceptors (Lipinski definition) is 5. The number of hydrogen-bond donors (Lipinski definition) is 1. The van der Waals surface area contributed by atoms with Crippen molar-refractivity contribution < 1.29 is 14.3 Å². The summed E-state index contributed by atoms with van der Waals surface area (Å²) in [4.78, 5) is 21.3. The molecule has 1 aromatic carbocycles. The van der Waals surface area contributed by atoms with Gasteiger partial charge in [0.25, 0.3) is 0 Å². The van der Waals surface area contributed by atoms with Crippen molar-refractivity contribution in [2.45, 2.75) is 25.3 Å². The number of ether oxygens (including phenoxy) is 2. The maximum atomic E-state index is 12.1. The highest BCUT2D eigenvalue weighted by atomic mass is 16.5. The molecule has 25 heavy (non-hydrogen) atoms. The first-order chi connectivity index (χ1) is 12.3. The number of aryl methyl sites for hydroxylation is 1. The Bertz CT molecular complexity index is 706. The molecule has 132 valence electrons. The second kappa shape index (κ2) is 8.69. The van der Waals surface area contributed by atoms with Crippen molar-refractivity contribution in [3.8, 4) is 11.4 Å². The summed E-state index contributed by atoms with van der Waals surface area (Å²) in [5.74, 6) is 0.607. The van der Waals surface area contributed by atoms with Crippen LogP contribution in [0.4, 0.5) is 0 Å². The molecule has 0 spiro atoms. The first kappa shape index (κ1) is 17.5. The number of fused-ring (bicyclic) bond motifs is 1. The summed E-state index contributed by atoms with van der Waals surface area (Å²) in [5, 5.41) is 3.03. The Morgan fingerprint density at radius 1 is 1.28 bits per heavy atom. The molecule has 1 aromatic heterocycles. The van der Waals surface area contributed by atoms with Gasteiger partial charge in [-0.25, -0.2) is 9.97 Å². The van der Waals surface area contributed by atoms with Crippen molar-refractivity contribution in [1.29, 1.82) is 0 Å². The first-order valence-corrected chi connectivity index (χ1v) is 8.55. The maximum Gasteiger partial charge on any atom is 0.246 e. The summed E-state index contributed by atoms with van der Waals surface area (Å²) in [6.45, 7) is 0.933. The molecule has 0 saturated carbocycles. The smallest absolute Gasteiger partial charge is 0.246 e. The molecule has 0 unspecified atom stereocenters. The largest absolute Gasteiger partial charge is 0.382 e. The summed E-state index contributed by atoms with van der Waals surface area (Å²) in [5.41, 5.74) is 3.03. The van der Waals surface area contributed by atoms with Crippen LogP contribution in [0.5, 0.6) is 0 Å². The van der Waals surface area contributed by atoms with E-state index in [1.165, 1.54) is 0 Å². The SMILES string of the molecule is COCCOCC(=O)N[C@@H]1CCCc2nc(-c3ccccc3)ncc21. The molecule has 0 aliphatic heterocycles. The average Bonchev–Trinajstić information content (AvgIpc) is 2.66. The van der Waals surface area contributed by atoms with Crippen LogP contribution in [-0.2, 0) is 20.7 Å². The maximum absolute atomic E-state index is 12.1. The van der Waals surface area contributed by atoms with E-state index in [1.54, 1.807) is 7.11 Å². The normalized spacial score (nSPS) is 16.3. The summed E-state index contributed by atoms with van der Waals surface area (Å²) in [6.07, 6.45) is 4.65. The lowest BCUT2D eigenvalue weighted by Gasteiger charge is -2.25. The van der Waals surface area contributed by atoms with Crippen LogP contribution in [-0.4, -0.2) is 42.8 Å². The van der Waals surface area contributed by atoms with Gasteiger partial charge >= 0.3 is 0 Å². The third-order valence-corrected chi connectivity index (χ3v) is 4.21. The molecule has 1 atom stereocenters. The fraction of sp³-hybridized carbons (Fsp3) is 0.421. The van der Waals surface area contributed by atoms with Crippen LogP contribution in [0.15, 0.2) is 36.5 Å². The van der Waals surface area contributed by atoms with Gasteiger partial charge in [-0.15, -0.1) is 0 Å². The van der Waals surface area contributed by atoms with Gasteiger partial charge in [0.1, 0.15) is 6.61 Å². The molecule has 1 N–H and O–H groups in total. The number of nitrogens with one attached hydrogen (secondary N) is 1. The molecular formula is C19H23N3O3. The Morgan fingerprint density at radius 3 is 2.92 bits per heavy atom. The van der Waals surface area contributed by atoms with Crippen LogP contribution >= 0.6 is 0 Å². The van der Waals surface area contributed by atoms with Gasteiger partial charge in [-0.05, 0) is 19.3 Å². The Hall–Kier alpha value is -2.31. The van der Waals surface area contributed by atoms with Gasteiger partial charge in [-0.2, -0.15) is 0 Å². The van der Waals surface area contributed by atoms with Crippen molar-refractivity contribution in [2.24, 2.45) is 0 Å². The van der Waals surface area contributed by atoms with E-state index < -0.39 is 0 Å². The molecule has 0 saturated heterocycles. The molecular weight excluding hydrogens is 318 g/mol. The van der Waals surface area contributed by atoms with Crippen LogP contribution in [0.1, 0.15) is 30.1 Å². The Labute approximate surface area is 147 Å². The molecule has 1 heterocycles. The van der Waals surface area contributed by atoms with Gasteiger partial charge in [-0.3, -0.25) is 4.79 Å². The standard InChI is InChI=1S/C19H23N3O3/c1-24-10-11-25-13-18(23)21-16-8-5-9-17-15(16)12-20-19(22-17)14-6-3-2-4-7-14/h2-4,6-7,12,16H,5,8-11,13H2,1H3,(H,21,23)/t16-/m1/s1. The highest BCUT2D eigenvalue weighted by molar-refractivity contribution is 5.77. The van der Waals surface area contributed by atoms with Gasteiger partial charge < -0.3 is 14.8 Å². The van der Waals surface area contributed by atoms with E-state index in [-0.39, 0.29) is 18.6 Å². The average molecular weight is 341 g/mol. The van der Waals surface area contributed by atoms with Crippen molar-refractivity contribution in [3.05, 3.63) is 47.8 Å². The monoisotopic (exact) mass is 341 g/mol. The number of benzene rings is 1. The molecule has 0 radical (unpaired) electrons. The lowest BCUT2D eigenvalue weighted by atomic mass is 9.92. The van der Waals surface area contributed by atoms with E-state index in [0.717, 1.165) is 41.9 Å². The third-order valence-electron chi connectivity index (χ3n) is 4.21. The van der Waals surface area contributed by atoms with Crippen molar-refractivity contribution in [1.82, 2.24) is 15.3 Å². The zero-order valence-electron chi connectivity index (χ0n) is 14.4. The second-order valence-corrected chi connectivity index (χ2v) is 6.02. The lowest BCUT2D eigenvalue weighted by Crippen LogP contribution is -2.34. The van der Waals surface area contributed by atoms with Crippen LogP contribution in [0.25, 0.3) is 11.4 Å². The van der Waals surface area contributed by atoms with Gasteiger partial charge in [0.15, 0.2) is 5.82 Å². The van der Waals surface area contributed by atoms with Gasteiger partial charge in [0.2, 0.25) is 5.91 Å². The summed E-state index contributed by atoms with van der Waals surface area (Å²) in [7, 11) is 1.60. The van der Waals surface area contributed by atoms with E-state index in [9.17, 15) is 4.79 Å². The van der Waals surface area contributed by atoms with Crippen LogP contribution in [0.3, 0.4) is 0 Å². The van der Waals surface area contributed by atoms with Crippen molar-refractivity contribution in [2.75, 3.05) is 26.9 Å². The Balaban J connectivity index is 1.67. The van der Waals surface area contributed by atoms with Crippen molar-refractivity contribution >= 4 is 5.91 Å². The summed E-state index contributed by atoms with van der Waals surface area (Å²) >= 11 is 0. The molecule has 3 rings (SSSR count). The molecule has 0 bridgehead atoms. The minimum Gasteiger partial charge on any atom is -0.382 e. The number of carbonyl (C=O) groups excluding carboxylic acids is 1. The fourth-order valence-electron chi connectivity index (χ4n) is 2.97. The van der Waals surface area contributed by atoms with Crippen LogP contribution < -0.4 is 5.32 Å². The summed E-state index contributed by atoms with van der Waals surface area (Å²) < 4.78 is 10.2. The Morgan fingerprint density at radius 2 is 2.12 bits per heavy atom. The molecule has 6 heteroatoms. The minimum atomic E-state index is -0.124. The fourth-order valence-corrected chi connectivity index (χ4v) is 2.97. The number of methoxy groups -OCH3 is 1. The zero-order chi connectivity index (χ0) is 17.5. The molecule has 0 fully saturated rings. The van der Waals surface area contributed by atoms with Gasteiger partial charge in [0.05, 0.1) is 19.3 Å². The Kier molecular flexibility index (Phi) is 6.09. The summed E-state index contributed by atoms with van der Waals surface area (Å²) in [6, 6.07) is 9.88. The predicted molar refractivity (Wildman–Crippen MR) is 94.0 cm³/mol. The molecule has 1 aliphatic carbocycles. The lowest BCUT2D eigenvalue weighted by molar-refractivity contribution is -0.127. The second-order valence-electron chi connectivity index (χ2n) is 6.02. The highest BCUT2D eigenvalue weighted by Gasteiger charge is 2.24. The number of nitrogens with zero attached hydrogens (tertiary/aromatic N) is 2. The van der Waals surface area contributed by atoms with E-state index in [2.05, 4.69) is 10.3 Å². The molecule has 6 nitrogen and oxygen atoms in total. The molecule has 1 amide bonds. The van der Waals surface area contributed by atoms with Gasteiger partial charge in [0, 0.05) is 30.1 Å². The van der Waals surface area contributed by atoms with E-state index in [0.29, 0.717) is 13.2 Å². The number of rotatable bonds is 7. The van der Waals surface area contributed by atoms with Gasteiger partial charge in [-0.1, -0.05) is 30.3 Å². The minimum absolute atomic E-state index is 0.0398. The molecule has 1 aliphatic rings. The van der Waals surface area contributed by atoms with Crippen LogP contribution in [0.2, 0.25) is 0 Å². The van der Waals surface area contributed by atoms with E-state index >= 15 is 0 Å². The van der Waals surface area contributed by atoms with E-state index in [4.69, 9.17) is 14.5 Å². The number of carbonyl (C=O) groups is 1. The number of aromatic nitrogens is 2. The van der Waals surface area contributed by atoms with E-state index in [1.807, 2.05) is 36.5 Å². The molecule has 2 aromatic rings. The zero-order valence-corrected chi connectivity index (χ0v) is 14.4. The highest BCUT2D eigenvalue weighted by Crippen LogP contribution is 2.29. The van der Waals surface area contributed by atoms with Crippen LogP contribution in [0, 0.1) is 0 Å².